The van der Waals surface area contributed by atoms with Crippen molar-refractivity contribution >= 4 is 34.2 Å². The first-order valence-electron chi connectivity index (χ1n) is 9.43. The summed E-state index contributed by atoms with van der Waals surface area (Å²) in [7, 11) is 0. The smallest absolute Gasteiger partial charge is 0.233 e. The number of amides is 3. The molecule has 0 aromatic heterocycles. The quantitative estimate of drug-likeness (QED) is 0.654. The predicted octanol–water partition coefficient (Wildman–Crippen LogP) is 3.51. The summed E-state index contributed by atoms with van der Waals surface area (Å²) in [5.41, 5.74) is 0.781. The van der Waals surface area contributed by atoms with E-state index in [1.807, 2.05) is 54.6 Å². The van der Waals surface area contributed by atoms with Crippen LogP contribution in [0.3, 0.4) is 0 Å². The third kappa shape index (κ3) is 3.37. The highest BCUT2D eigenvalue weighted by molar-refractivity contribution is 6.05. The summed E-state index contributed by atoms with van der Waals surface area (Å²) in [6.07, 6.45) is 6.00. The molecule has 2 aliphatic rings. The maximum atomic E-state index is 12.4. The number of fused-ring (bicyclic) bond motifs is 2. The van der Waals surface area contributed by atoms with Gasteiger partial charge in [-0.15, -0.1) is 0 Å². The molecular weight excluding hydrogens is 340 g/mol. The molecule has 4 rings (SSSR count). The highest BCUT2D eigenvalue weighted by Crippen LogP contribution is 2.35. The molecule has 2 aromatic carbocycles. The first kappa shape index (κ1) is 17.5. The fourth-order valence-electron chi connectivity index (χ4n) is 4.03. The highest BCUT2D eigenvalue weighted by atomic mass is 16.2. The molecule has 0 bridgehead atoms. The average molecular weight is 362 g/mol. The molecule has 1 saturated heterocycles. The topological polar surface area (TPSA) is 66.5 Å². The van der Waals surface area contributed by atoms with Gasteiger partial charge < -0.3 is 5.32 Å². The Kier molecular flexibility index (Phi) is 4.75. The second kappa shape index (κ2) is 7.35. The van der Waals surface area contributed by atoms with Crippen LogP contribution in [0.1, 0.15) is 25.7 Å². The Balaban J connectivity index is 1.33. The van der Waals surface area contributed by atoms with Crippen molar-refractivity contribution in [3.8, 4) is 0 Å². The van der Waals surface area contributed by atoms with Crippen molar-refractivity contribution in [3.05, 3.63) is 54.6 Å². The molecule has 1 N–H and O–H groups in total. The molecule has 3 amide bonds. The van der Waals surface area contributed by atoms with E-state index in [2.05, 4.69) is 5.32 Å². The number of carbonyl (C=O) groups is 3. The van der Waals surface area contributed by atoms with Gasteiger partial charge in [-0.25, -0.2) is 0 Å². The summed E-state index contributed by atoms with van der Waals surface area (Å²) in [5.74, 6) is -0.670. The number of rotatable bonds is 5. The molecule has 2 aromatic rings. The van der Waals surface area contributed by atoms with E-state index < -0.39 is 0 Å². The minimum Gasteiger partial charge on any atom is -0.326 e. The summed E-state index contributed by atoms with van der Waals surface area (Å²) in [6, 6.07) is 13.7. The zero-order valence-corrected chi connectivity index (χ0v) is 15.1. The Morgan fingerprint density at radius 2 is 1.63 bits per heavy atom. The van der Waals surface area contributed by atoms with Gasteiger partial charge in [-0.2, -0.15) is 0 Å². The highest BCUT2D eigenvalue weighted by Gasteiger charge is 2.46. The number of allylic oxidation sites excluding steroid dienone is 2. The van der Waals surface area contributed by atoms with Crippen LogP contribution in [0.5, 0.6) is 0 Å². The van der Waals surface area contributed by atoms with E-state index >= 15 is 0 Å². The van der Waals surface area contributed by atoms with E-state index in [1.54, 1.807) is 0 Å². The van der Waals surface area contributed by atoms with Crippen LogP contribution >= 0.6 is 0 Å². The predicted molar refractivity (Wildman–Crippen MR) is 104 cm³/mol. The molecule has 138 valence electrons. The van der Waals surface area contributed by atoms with Gasteiger partial charge in [0.2, 0.25) is 17.7 Å². The molecule has 0 unspecified atom stereocenters. The van der Waals surface area contributed by atoms with Gasteiger partial charge in [0.05, 0.1) is 11.8 Å². The molecule has 2 atom stereocenters. The lowest BCUT2D eigenvalue weighted by Gasteiger charge is -2.14. The molecule has 0 spiro atoms. The first-order valence-corrected chi connectivity index (χ1v) is 9.43. The molecule has 1 heterocycles. The first-order chi connectivity index (χ1) is 13.1. The van der Waals surface area contributed by atoms with Crippen molar-refractivity contribution in [2.24, 2.45) is 11.8 Å². The minimum atomic E-state index is -0.202. The normalized spacial score (nSPS) is 21.6. The summed E-state index contributed by atoms with van der Waals surface area (Å²) in [4.78, 5) is 38.6. The van der Waals surface area contributed by atoms with Crippen LogP contribution in [0.4, 0.5) is 5.69 Å². The maximum Gasteiger partial charge on any atom is 0.233 e. The number of nitrogens with one attached hydrogen (secondary N) is 1. The van der Waals surface area contributed by atoms with Crippen LogP contribution in [0.2, 0.25) is 0 Å². The zero-order valence-electron chi connectivity index (χ0n) is 15.1. The van der Waals surface area contributed by atoms with Crippen LogP contribution in [-0.4, -0.2) is 29.2 Å². The lowest BCUT2D eigenvalue weighted by molar-refractivity contribution is -0.140. The Bertz CT molecular complexity index is 903. The second-order valence-corrected chi connectivity index (χ2v) is 7.16. The van der Waals surface area contributed by atoms with Crippen molar-refractivity contribution in [2.75, 3.05) is 11.9 Å². The number of hydrogen-bond acceptors (Lipinski definition) is 3. The van der Waals surface area contributed by atoms with Crippen molar-refractivity contribution in [3.63, 3.8) is 0 Å². The largest absolute Gasteiger partial charge is 0.326 e. The van der Waals surface area contributed by atoms with Crippen LogP contribution in [0.25, 0.3) is 10.8 Å². The SMILES string of the molecule is O=C(CCCN1C(=O)[C@H]2CC=CC[C@@H]2C1=O)Nc1cccc2ccccc12. The maximum absolute atomic E-state index is 12.4. The van der Waals surface area contributed by atoms with Crippen molar-refractivity contribution in [1.29, 1.82) is 0 Å². The molecule has 1 aliphatic heterocycles. The minimum absolute atomic E-state index is 0.0798. The van der Waals surface area contributed by atoms with Gasteiger partial charge in [0, 0.05) is 24.0 Å². The second-order valence-electron chi connectivity index (χ2n) is 7.16. The van der Waals surface area contributed by atoms with Crippen LogP contribution < -0.4 is 5.32 Å². The summed E-state index contributed by atoms with van der Waals surface area (Å²) < 4.78 is 0. The molecule has 0 radical (unpaired) electrons. The van der Waals surface area contributed by atoms with E-state index in [-0.39, 0.29) is 36.0 Å². The molecule has 5 heteroatoms. The zero-order chi connectivity index (χ0) is 18.8. The summed E-state index contributed by atoms with van der Waals surface area (Å²) in [5, 5.41) is 5.01. The molecule has 27 heavy (non-hydrogen) atoms. The Labute approximate surface area is 158 Å². The van der Waals surface area contributed by atoms with Gasteiger partial charge in [-0.1, -0.05) is 48.6 Å². The number of likely N-dealkylation sites (tertiary alicyclic amines) is 1. The molecule has 5 nitrogen and oxygen atoms in total. The fourth-order valence-corrected chi connectivity index (χ4v) is 4.03. The van der Waals surface area contributed by atoms with Crippen LogP contribution in [0.15, 0.2) is 54.6 Å². The number of hydrogen-bond donors (Lipinski definition) is 1. The fraction of sp³-hybridized carbons (Fsp3) is 0.318. The van der Waals surface area contributed by atoms with Crippen molar-refractivity contribution < 1.29 is 14.4 Å². The van der Waals surface area contributed by atoms with Gasteiger partial charge in [0.15, 0.2) is 0 Å². The number of benzene rings is 2. The van der Waals surface area contributed by atoms with Crippen LogP contribution in [0, 0.1) is 11.8 Å². The molecule has 1 fully saturated rings. The van der Waals surface area contributed by atoms with Gasteiger partial charge in [-0.3, -0.25) is 19.3 Å². The Hall–Kier alpha value is -2.95. The van der Waals surface area contributed by atoms with Gasteiger partial charge in [0.1, 0.15) is 0 Å². The Morgan fingerprint density at radius 3 is 2.37 bits per heavy atom. The number of nitrogens with zero attached hydrogens (tertiary/aromatic N) is 1. The average Bonchev–Trinajstić information content (AvgIpc) is 2.93. The molecular formula is C22H22N2O3. The standard InChI is InChI=1S/C22H22N2O3/c25-20(23-19-12-5-8-15-7-1-2-9-16(15)19)13-6-14-24-21(26)17-10-3-4-11-18(17)22(24)27/h1-5,7-9,12,17-18H,6,10-11,13-14H2,(H,23,25)/t17-,18-/m0/s1. The lowest BCUT2D eigenvalue weighted by Crippen LogP contribution is -2.32. The third-order valence-corrected chi connectivity index (χ3v) is 5.45. The number of carbonyl (C=O) groups excluding carboxylic acids is 3. The van der Waals surface area contributed by atoms with E-state index in [9.17, 15) is 14.4 Å². The lowest BCUT2D eigenvalue weighted by atomic mass is 9.85. The summed E-state index contributed by atoms with van der Waals surface area (Å²) >= 11 is 0. The third-order valence-electron chi connectivity index (χ3n) is 5.45. The van der Waals surface area contributed by atoms with Crippen LogP contribution in [-0.2, 0) is 14.4 Å². The van der Waals surface area contributed by atoms with Gasteiger partial charge >= 0.3 is 0 Å². The molecule has 1 aliphatic carbocycles. The Morgan fingerprint density at radius 1 is 0.963 bits per heavy atom. The van der Waals surface area contributed by atoms with Crippen molar-refractivity contribution in [1.82, 2.24) is 4.90 Å². The van der Waals surface area contributed by atoms with Gasteiger partial charge in [0.25, 0.3) is 0 Å². The number of anilines is 1. The van der Waals surface area contributed by atoms with E-state index in [4.69, 9.17) is 0 Å². The van der Waals surface area contributed by atoms with Crippen molar-refractivity contribution in [2.45, 2.75) is 25.7 Å². The van der Waals surface area contributed by atoms with E-state index in [1.165, 1.54) is 4.90 Å². The van der Waals surface area contributed by atoms with E-state index in [0.717, 1.165) is 16.5 Å². The summed E-state index contributed by atoms with van der Waals surface area (Å²) in [6.45, 7) is 0.313. The number of imide groups is 1. The monoisotopic (exact) mass is 362 g/mol. The van der Waals surface area contributed by atoms with E-state index in [0.29, 0.717) is 25.8 Å². The molecule has 0 saturated carbocycles. The van der Waals surface area contributed by atoms with Gasteiger partial charge in [-0.05, 0) is 30.7 Å².